The summed E-state index contributed by atoms with van der Waals surface area (Å²) in [7, 11) is 1.37. The van der Waals surface area contributed by atoms with Gasteiger partial charge in [0.2, 0.25) is 0 Å². The summed E-state index contributed by atoms with van der Waals surface area (Å²) in [5.41, 5.74) is 0. The van der Waals surface area contributed by atoms with Gasteiger partial charge in [-0.05, 0) is 19.4 Å². The Labute approximate surface area is 95.4 Å². The number of methoxy groups -OCH3 is 1. The van der Waals surface area contributed by atoms with Crippen molar-refractivity contribution in [1.82, 2.24) is 4.90 Å². The average molecular weight is 229 g/mol. The molecule has 1 aliphatic rings. The number of carboxylic acid groups (broad SMARTS) is 1. The number of piperidine rings is 1. The summed E-state index contributed by atoms with van der Waals surface area (Å²) in [5.74, 6) is -1.53. The first-order chi connectivity index (χ1) is 7.56. The van der Waals surface area contributed by atoms with Crippen LogP contribution in [0.3, 0.4) is 0 Å². The highest BCUT2D eigenvalue weighted by atomic mass is 16.5. The molecule has 0 aromatic rings. The number of rotatable bonds is 4. The molecule has 1 aliphatic heterocycles. The monoisotopic (exact) mass is 229 g/mol. The molecule has 0 spiro atoms. The zero-order valence-corrected chi connectivity index (χ0v) is 9.81. The normalized spacial score (nSPS) is 23.8. The number of esters is 1. The number of hydrogen-bond donors (Lipinski definition) is 1. The Morgan fingerprint density at radius 1 is 1.50 bits per heavy atom. The summed E-state index contributed by atoms with van der Waals surface area (Å²) in [6.07, 6.45) is 2.77. The number of carboxylic acids is 1. The van der Waals surface area contributed by atoms with Gasteiger partial charge in [0.15, 0.2) is 0 Å². The van der Waals surface area contributed by atoms with Gasteiger partial charge in [-0.1, -0.05) is 13.3 Å². The molecule has 0 bridgehead atoms. The number of carbonyl (C=O) groups excluding carboxylic acids is 1. The smallest absolute Gasteiger partial charge is 0.323 e. The molecule has 1 heterocycles. The third-order valence-electron chi connectivity index (χ3n) is 3.02. The minimum atomic E-state index is -0.825. The molecule has 2 unspecified atom stereocenters. The van der Waals surface area contributed by atoms with Crippen LogP contribution in [0.2, 0.25) is 0 Å². The lowest BCUT2D eigenvalue weighted by Crippen LogP contribution is -2.47. The van der Waals surface area contributed by atoms with Crippen LogP contribution in [0.5, 0.6) is 0 Å². The zero-order chi connectivity index (χ0) is 12.1. The van der Waals surface area contributed by atoms with Crippen molar-refractivity contribution in [2.24, 2.45) is 5.92 Å². The van der Waals surface area contributed by atoms with Crippen LogP contribution < -0.4 is 0 Å². The summed E-state index contributed by atoms with van der Waals surface area (Å²) in [5, 5.41) is 8.85. The SMILES string of the molecule is COC(=O)C1CCCCN1CC(C)C(=O)O. The van der Waals surface area contributed by atoms with Gasteiger partial charge in [0.25, 0.3) is 0 Å². The van der Waals surface area contributed by atoms with Crippen LogP contribution in [-0.4, -0.2) is 48.2 Å². The van der Waals surface area contributed by atoms with Gasteiger partial charge in [-0.25, -0.2) is 0 Å². The van der Waals surface area contributed by atoms with E-state index >= 15 is 0 Å². The van der Waals surface area contributed by atoms with E-state index in [0.717, 1.165) is 25.8 Å². The second-order valence-electron chi connectivity index (χ2n) is 4.27. The second kappa shape index (κ2) is 5.84. The van der Waals surface area contributed by atoms with E-state index < -0.39 is 11.9 Å². The second-order valence-corrected chi connectivity index (χ2v) is 4.27. The van der Waals surface area contributed by atoms with Gasteiger partial charge in [-0.2, -0.15) is 0 Å². The minimum absolute atomic E-state index is 0.253. The van der Waals surface area contributed by atoms with E-state index in [9.17, 15) is 9.59 Å². The van der Waals surface area contributed by atoms with Crippen molar-refractivity contribution in [1.29, 1.82) is 0 Å². The van der Waals surface area contributed by atoms with E-state index in [1.807, 2.05) is 4.90 Å². The predicted octanol–water partition coefficient (Wildman–Crippen LogP) is 0.735. The van der Waals surface area contributed by atoms with Crippen molar-refractivity contribution >= 4 is 11.9 Å². The van der Waals surface area contributed by atoms with Crippen LogP contribution in [0.15, 0.2) is 0 Å². The summed E-state index contributed by atoms with van der Waals surface area (Å²) < 4.78 is 4.73. The summed E-state index contributed by atoms with van der Waals surface area (Å²) in [6.45, 7) is 2.85. The van der Waals surface area contributed by atoms with Crippen LogP contribution in [0.4, 0.5) is 0 Å². The number of likely N-dealkylation sites (tertiary alicyclic amines) is 1. The zero-order valence-electron chi connectivity index (χ0n) is 9.81. The Morgan fingerprint density at radius 2 is 2.19 bits per heavy atom. The summed E-state index contributed by atoms with van der Waals surface area (Å²) in [6, 6.07) is -0.263. The first-order valence-electron chi connectivity index (χ1n) is 5.61. The molecule has 0 radical (unpaired) electrons. The lowest BCUT2D eigenvalue weighted by molar-refractivity contribution is -0.151. The summed E-state index contributed by atoms with van der Waals surface area (Å²) >= 11 is 0. The number of ether oxygens (including phenoxy) is 1. The molecule has 5 heteroatoms. The molecule has 1 fully saturated rings. The third kappa shape index (κ3) is 3.20. The van der Waals surface area contributed by atoms with Gasteiger partial charge in [0, 0.05) is 6.54 Å². The van der Waals surface area contributed by atoms with Gasteiger partial charge < -0.3 is 9.84 Å². The largest absolute Gasteiger partial charge is 0.481 e. The quantitative estimate of drug-likeness (QED) is 0.720. The van der Waals surface area contributed by atoms with Crippen LogP contribution in [-0.2, 0) is 14.3 Å². The first-order valence-corrected chi connectivity index (χ1v) is 5.61. The molecule has 0 aromatic heterocycles. The average Bonchev–Trinajstić information content (AvgIpc) is 2.28. The molecule has 1 saturated heterocycles. The van der Waals surface area contributed by atoms with Crippen molar-refractivity contribution < 1.29 is 19.4 Å². The van der Waals surface area contributed by atoms with Crippen molar-refractivity contribution in [2.75, 3.05) is 20.2 Å². The Kier molecular flexibility index (Phi) is 4.73. The van der Waals surface area contributed by atoms with Crippen molar-refractivity contribution in [3.05, 3.63) is 0 Å². The Bertz CT molecular complexity index is 267. The minimum Gasteiger partial charge on any atom is -0.481 e. The van der Waals surface area contributed by atoms with E-state index in [-0.39, 0.29) is 12.0 Å². The highest BCUT2D eigenvalue weighted by Crippen LogP contribution is 2.19. The maximum atomic E-state index is 11.5. The van der Waals surface area contributed by atoms with Crippen LogP contribution >= 0.6 is 0 Å². The fraction of sp³-hybridized carbons (Fsp3) is 0.818. The molecule has 16 heavy (non-hydrogen) atoms. The Hall–Kier alpha value is -1.10. The molecular weight excluding hydrogens is 210 g/mol. The maximum Gasteiger partial charge on any atom is 0.323 e. The van der Waals surface area contributed by atoms with Crippen molar-refractivity contribution in [2.45, 2.75) is 32.2 Å². The topological polar surface area (TPSA) is 66.8 Å². The lowest BCUT2D eigenvalue weighted by Gasteiger charge is -2.34. The molecular formula is C11H19NO4. The maximum absolute atomic E-state index is 11.5. The van der Waals surface area contributed by atoms with E-state index in [4.69, 9.17) is 9.84 Å². The first kappa shape index (κ1) is 13.0. The molecule has 0 amide bonds. The van der Waals surface area contributed by atoms with Gasteiger partial charge in [-0.15, -0.1) is 0 Å². The van der Waals surface area contributed by atoms with E-state index in [0.29, 0.717) is 6.54 Å². The molecule has 1 rings (SSSR count). The fourth-order valence-corrected chi connectivity index (χ4v) is 2.04. The van der Waals surface area contributed by atoms with Crippen LogP contribution in [0.1, 0.15) is 26.2 Å². The van der Waals surface area contributed by atoms with Crippen molar-refractivity contribution in [3.63, 3.8) is 0 Å². The van der Waals surface area contributed by atoms with Gasteiger partial charge in [-0.3, -0.25) is 14.5 Å². The number of nitrogens with zero attached hydrogens (tertiary/aromatic N) is 1. The van der Waals surface area contributed by atoms with Crippen LogP contribution in [0, 0.1) is 5.92 Å². The summed E-state index contributed by atoms with van der Waals surface area (Å²) in [4.78, 5) is 24.2. The number of hydrogen-bond acceptors (Lipinski definition) is 4. The predicted molar refractivity (Wildman–Crippen MR) is 58.0 cm³/mol. The van der Waals surface area contributed by atoms with Gasteiger partial charge >= 0.3 is 11.9 Å². The van der Waals surface area contributed by atoms with Gasteiger partial charge in [0.1, 0.15) is 6.04 Å². The number of aliphatic carboxylic acids is 1. The highest BCUT2D eigenvalue weighted by Gasteiger charge is 2.31. The third-order valence-corrected chi connectivity index (χ3v) is 3.02. The molecule has 92 valence electrons. The highest BCUT2D eigenvalue weighted by molar-refractivity contribution is 5.76. The molecule has 0 saturated carbocycles. The van der Waals surface area contributed by atoms with E-state index in [1.54, 1.807) is 6.92 Å². The standard InChI is InChI=1S/C11H19NO4/c1-8(10(13)14)7-12-6-4-3-5-9(12)11(15)16-2/h8-9H,3-7H2,1-2H3,(H,13,14). The van der Waals surface area contributed by atoms with Crippen molar-refractivity contribution in [3.8, 4) is 0 Å². The Morgan fingerprint density at radius 3 is 2.75 bits per heavy atom. The Balaban J connectivity index is 2.60. The molecule has 1 N–H and O–H groups in total. The van der Waals surface area contributed by atoms with E-state index in [2.05, 4.69) is 0 Å². The fourth-order valence-electron chi connectivity index (χ4n) is 2.04. The molecule has 0 aromatic carbocycles. The van der Waals surface area contributed by atoms with Gasteiger partial charge in [0.05, 0.1) is 13.0 Å². The number of carbonyl (C=O) groups is 2. The van der Waals surface area contributed by atoms with E-state index in [1.165, 1.54) is 7.11 Å². The van der Waals surface area contributed by atoms with Crippen LogP contribution in [0.25, 0.3) is 0 Å². The lowest BCUT2D eigenvalue weighted by atomic mass is 10.0. The molecule has 5 nitrogen and oxygen atoms in total. The molecule has 2 atom stereocenters. The molecule has 0 aliphatic carbocycles.